The third kappa shape index (κ3) is 5.19. The lowest BCUT2D eigenvalue weighted by molar-refractivity contribution is -0.118. The van der Waals surface area contributed by atoms with Gasteiger partial charge in [0.05, 0.1) is 17.5 Å². The van der Waals surface area contributed by atoms with Crippen LogP contribution in [0.3, 0.4) is 0 Å². The van der Waals surface area contributed by atoms with E-state index in [1.165, 1.54) is 0 Å². The standard InChI is InChI=1S/C19H29N3O3/c1-5-13(4)17-19(24)22-16-11-14(7-8-15(16)21-17)18(23)20-9-6-10-25-12(2)3/h7-8,11-13,17,21H,5-6,9-10H2,1-4H3,(H,20,23)(H,22,24)/t13-,17+/m1/s1. The first kappa shape index (κ1) is 19.2. The summed E-state index contributed by atoms with van der Waals surface area (Å²) in [6, 6.07) is 5.10. The molecule has 0 unspecified atom stereocenters. The molecule has 0 aromatic heterocycles. The van der Waals surface area contributed by atoms with Crippen molar-refractivity contribution >= 4 is 23.2 Å². The third-order valence-corrected chi connectivity index (χ3v) is 4.40. The SMILES string of the molecule is CC[C@@H](C)[C@@H]1Nc2ccc(C(=O)NCCCOC(C)C)cc2NC1=O. The maximum Gasteiger partial charge on any atom is 0.251 e. The van der Waals surface area contributed by atoms with Crippen LogP contribution in [0.25, 0.3) is 0 Å². The second-order valence-electron chi connectivity index (χ2n) is 6.79. The number of benzene rings is 1. The normalized spacial score (nSPS) is 17.5. The molecule has 1 heterocycles. The van der Waals surface area contributed by atoms with Gasteiger partial charge in [-0.3, -0.25) is 9.59 Å². The molecule has 1 aliphatic heterocycles. The van der Waals surface area contributed by atoms with Crippen molar-refractivity contribution in [2.75, 3.05) is 23.8 Å². The molecule has 1 aliphatic rings. The Kier molecular flexibility index (Phi) is 6.82. The molecule has 0 saturated heterocycles. The highest BCUT2D eigenvalue weighted by molar-refractivity contribution is 6.05. The van der Waals surface area contributed by atoms with Crippen LogP contribution >= 0.6 is 0 Å². The summed E-state index contributed by atoms with van der Waals surface area (Å²) in [7, 11) is 0. The van der Waals surface area contributed by atoms with E-state index >= 15 is 0 Å². The van der Waals surface area contributed by atoms with Gasteiger partial charge in [-0.2, -0.15) is 0 Å². The quantitative estimate of drug-likeness (QED) is 0.632. The van der Waals surface area contributed by atoms with Crippen molar-refractivity contribution in [1.29, 1.82) is 0 Å². The number of carbonyl (C=O) groups excluding carboxylic acids is 2. The zero-order valence-electron chi connectivity index (χ0n) is 15.5. The molecule has 0 spiro atoms. The van der Waals surface area contributed by atoms with Crippen molar-refractivity contribution in [1.82, 2.24) is 5.32 Å². The summed E-state index contributed by atoms with van der Waals surface area (Å²) in [4.78, 5) is 24.5. The summed E-state index contributed by atoms with van der Waals surface area (Å²) in [5.41, 5.74) is 2.04. The van der Waals surface area contributed by atoms with Crippen LogP contribution in [0.4, 0.5) is 11.4 Å². The van der Waals surface area contributed by atoms with Crippen LogP contribution in [0.1, 0.15) is 50.9 Å². The molecule has 6 heteroatoms. The zero-order valence-corrected chi connectivity index (χ0v) is 15.5. The second-order valence-corrected chi connectivity index (χ2v) is 6.79. The van der Waals surface area contributed by atoms with Crippen LogP contribution in [0.2, 0.25) is 0 Å². The Morgan fingerprint density at radius 1 is 1.28 bits per heavy atom. The lowest BCUT2D eigenvalue weighted by Gasteiger charge is -2.30. The third-order valence-electron chi connectivity index (χ3n) is 4.40. The highest BCUT2D eigenvalue weighted by Crippen LogP contribution is 2.30. The molecule has 1 aromatic carbocycles. The minimum atomic E-state index is -0.238. The van der Waals surface area contributed by atoms with Crippen LogP contribution in [0.5, 0.6) is 0 Å². The van der Waals surface area contributed by atoms with E-state index in [2.05, 4.69) is 22.9 Å². The fraction of sp³-hybridized carbons (Fsp3) is 0.579. The van der Waals surface area contributed by atoms with Gasteiger partial charge < -0.3 is 20.7 Å². The largest absolute Gasteiger partial charge is 0.379 e. The molecule has 0 aliphatic carbocycles. The lowest BCUT2D eigenvalue weighted by Crippen LogP contribution is -2.43. The minimum absolute atomic E-state index is 0.0507. The van der Waals surface area contributed by atoms with E-state index in [0.717, 1.165) is 18.5 Å². The molecular weight excluding hydrogens is 318 g/mol. The molecule has 2 atom stereocenters. The maximum atomic E-state index is 12.2. The van der Waals surface area contributed by atoms with Crippen molar-refractivity contribution in [3.63, 3.8) is 0 Å². The van der Waals surface area contributed by atoms with E-state index in [1.807, 2.05) is 26.8 Å². The highest BCUT2D eigenvalue weighted by atomic mass is 16.5. The number of nitrogens with one attached hydrogen (secondary N) is 3. The molecule has 3 N–H and O–H groups in total. The minimum Gasteiger partial charge on any atom is -0.379 e. The van der Waals surface area contributed by atoms with Gasteiger partial charge in [-0.15, -0.1) is 0 Å². The van der Waals surface area contributed by atoms with Crippen molar-refractivity contribution in [3.8, 4) is 0 Å². The lowest BCUT2D eigenvalue weighted by atomic mass is 9.95. The Hall–Kier alpha value is -2.08. The van der Waals surface area contributed by atoms with E-state index in [1.54, 1.807) is 12.1 Å². The summed E-state index contributed by atoms with van der Waals surface area (Å²) in [5, 5.41) is 9.06. The van der Waals surface area contributed by atoms with Crippen molar-refractivity contribution in [3.05, 3.63) is 23.8 Å². The fourth-order valence-electron chi connectivity index (χ4n) is 2.69. The molecular formula is C19H29N3O3. The van der Waals surface area contributed by atoms with Gasteiger partial charge >= 0.3 is 0 Å². The first-order valence-electron chi connectivity index (χ1n) is 9.03. The van der Waals surface area contributed by atoms with Crippen molar-refractivity contribution < 1.29 is 14.3 Å². The van der Waals surface area contributed by atoms with Crippen LogP contribution in [0.15, 0.2) is 18.2 Å². The first-order chi connectivity index (χ1) is 11.9. The summed E-state index contributed by atoms with van der Waals surface area (Å²) < 4.78 is 5.45. The summed E-state index contributed by atoms with van der Waals surface area (Å²) in [6.07, 6.45) is 1.89. The molecule has 2 rings (SSSR count). The number of amides is 2. The van der Waals surface area contributed by atoms with E-state index in [0.29, 0.717) is 24.4 Å². The van der Waals surface area contributed by atoms with Crippen LogP contribution in [-0.2, 0) is 9.53 Å². The second kappa shape index (κ2) is 8.85. The molecule has 0 bridgehead atoms. The average Bonchev–Trinajstić information content (AvgIpc) is 2.59. The fourth-order valence-corrected chi connectivity index (χ4v) is 2.69. The monoisotopic (exact) mass is 347 g/mol. The molecule has 25 heavy (non-hydrogen) atoms. The molecule has 2 amide bonds. The van der Waals surface area contributed by atoms with Crippen molar-refractivity contribution in [2.24, 2.45) is 5.92 Å². The smallest absolute Gasteiger partial charge is 0.251 e. The van der Waals surface area contributed by atoms with Gasteiger partial charge in [0.15, 0.2) is 0 Å². The molecule has 0 fully saturated rings. The Morgan fingerprint density at radius 2 is 2.04 bits per heavy atom. The highest BCUT2D eigenvalue weighted by Gasteiger charge is 2.29. The van der Waals surface area contributed by atoms with Crippen LogP contribution in [0, 0.1) is 5.92 Å². The van der Waals surface area contributed by atoms with Crippen LogP contribution < -0.4 is 16.0 Å². The van der Waals surface area contributed by atoms with Gasteiger partial charge in [0.2, 0.25) is 5.91 Å². The number of anilines is 2. The Morgan fingerprint density at radius 3 is 2.72 bits per heavy atom. The summed E-state index contributed by atoms with van der Waals surface area (Å²) >= 11 is 0. The topological polar surface area (TPSA) is 79.5 Å². The van der Waals surface area contributed by atoms with E-state index in [-0.39, 0.29) is 29.9 Å². The number of fused-ring (bicyclic) bond motifs is 1. The van der Waals surface area contributed by atoms with Crippen LogP contribution in [-0.4, -0.2) is 37.1 Å². The number of carbonyl (C=O) groups is 2. The summed E-state index contributed by atoms with van der Waals surface area (Å²) in [6.45, 7) is 9.27. The summed E-state index contributed by atoms with van der Waals surface area (Å²) in [5.74, 6) is 0.0417. The molecule has 6 nitrogen and oxygen atoms in total. The maximum absolute atomic E-state index is 12.2. The van der Waals surface area contributed by atoms with Gasteiger partial charge in [-0.05, 0) is 44.4 Å². The van der Waals surface area contributed by atoms with Crippen molar-refractivity contribution in [2.45, 2.75) is 52.7 Å². The predicted molar refractivity (Wildman–Crippen MR) is 100.0 cm³/mol. The zero-order chi connectivity index (χ0) is 18.4. The van der Waals surface area contributed by atoms with E-state index < -0.39 is 0 Å². The number of hydrogen-bond acceptors (Lipinski definition) is 4. The Labute approximate surface area is 149 Å². The van der Waals surface area contributed by atoms with Gasteiger partial charge in [0.25, 0.3) is 5.91 Å². The van der Waals surface area contributed by atoms with E-state index in [4.69, 9.17) is 4.74 Å². The first-order valence-corrected chi connectivity index (χ1v) is 9.03. The predicted octanol–water partition coefficient (Wildman–Crippen LogP) is 3.01. The number of rotatable bonds is 8. The van der Waals surface area contributed by atoms with Gasteiger partial charge in [-0.25, -0.2) is 0 Å². The Balaban J connectivity index is 1.94. The molecule has 0 radical (unpaired) electrons. The van der Waals surface area contributed by atoms with Gasteiger partial charge in [0, 0.05) is 18.7 Å². The average molecular weight is 347 g/mol. The molecule has 138 valence electrons. The van der Waals surface area contributed by atoms with Gasteiger partial charge in [-0.1, -0.05) is 20.3 Å². The van der Waals surface area contributed by atoms with E-state index in [9.17, 15) is 9.59 Å². The number of ether oxygens (including phenoxy) is 1. The molecule has 0 saturated carbocycles. The number of hydrogen-bond donors (Lipinski definition) is 3. The molecule has 1 aromatic rings. The van der Waals surface area contributed by atoms with Gasteiger partial charge in [0.1, 0.15) is 6.04 Å². The Bertz CT molecular complexity index is 616.